The van der Waals surface area contributed by atoms with Crippen LogP contribution in [0.25, 0.3) is 0 Å². The molecule has 0 radical (unpaired) electrons. The van der Waals surface area contributed by atoms with Gasteiger partial charge in [-0.05, 0) is 22.0 Å². The van der Waals surface area contributed by atoms with Gasteiger partial charge in [-0.3, -0.25) is 0 Å². The van der Waals surface area contributed by atoms with Gasteiger partial charge in [0.2, 0.25) is 0 Å². The summed E-state index contributed by atoms with van der Waals surface area (Å²) in [5.74, 6) is 0. The second-order valence-corrected chi connectivity index (χ2v) is 9.32. The van der Waals surface area contributed by atoms with Gasteiger partial charge in [0.15, 0.2) is 0 Å². The van der Waals surface area contributed by atoms with Crippen molar-refractivity contribution in [2.45, 2.75) is 57.3 Å². The highest BCUT2D eigenvalue weighted by molar-refractivity contribution is 8.34. The molecule has 0 aliphatic carbocycles. The van der Waals surface area contributed by atoms with Crippen molar-refractivity contribution in [2.75, 3.05) is 6.26 Å². The van der Waals surface area contributed by atoms with Crippen LogP contribution in [-0.4, -0.2) is 22.0 Å². The van der Waals surface area contributed by atoms with Gasteiger partial charge in [-0.25, -0.2) is 10.0 Å². The molecule has 0 atom stereocenters. The van der Waals surface area contributed by atoms with Gasteiger partial charge in [0.05, 0.1) is 0 Å². The van der Waals surface area contributed by atoms with Crippen molar-refractivity contribution in [2.24, 2.45) is 0 Å². The Kier molecular flexibility index (Phi) is 3.96. The molecule has 0 saturated heterocycles. The lowest BCUT2D eigenvalue weighted by Gasteiger charge is -2.48. The van der Waals surface area contributed by atoms with Crippen molar-refractivity contribution >= 4 is 10.0 Å². The van der Waals surface area contributed by atoms with E-state index in [1.165, 1.54) is 0 Å². The molecule has 0 spiro atoms. The number of rotatable bonds is 3. The summed E-state index contributed by atoms with van der Waals surface area (Å²) in [6, 6.07) is 0. The SMILES string of the molecule is CC(C)S(C)(C(C)C)C(C)C. The number of hydrogen-bond acceptors (Lipinski definition) is 0. The minimum absolute atomic E-state index is 0.389. The molecule has 0 bridgehead atoms. The zero-order valence-electron chi connectivity index (χ0n) is 9.14. The van der Waals surface area contributed by atoms with Crippen LogP contribution in [0.3, 0.4) is 0 Å². The van der Waals surface area contributed by atoms with E-state index in [0.29, 0.717) is 0 Å². The van der Waals surface area contributed by atoms with E-state index in [1.807, 2.05) is 0 Å². The van der Waals surface area contributed by atoms with Gasteiger partial charge in [-0.1, -0.05) is 41.5 Å². The van der Waals surface area contributed by atoms with E-state index >= 15 is 0 Å². The van der Waals surface area contributed by atoms with Gasteiger partial charge < -0.3 is 0 Å². The third-order valence-corrected chi connectivity index (χ3v) is 9.14. The Morgan fingerprint density at radius 3 is 0.818 bits per heavy atom. The summed E-state index contributed by atoms with van der Waals surface area (Å²) in [7, 11) is -0.389. The molecule has 1 heteroatoms. The Balaban J connectivity index is 4.53. The average Bonchev–Trinajstić information content (AvgIpc) is 1.84. The van der Waals surface area contributed by atoms with E-state index in [2.05, 4.69) is 47.8 Å². The third-order valence-electron chi connectivity index (χ3n) is 3.05. The van der Waals surface area contributed by atoms with Crippen molar-refractivity contribution in [3.8, 4) is 0 Å². The summed E-state index contributed by atoms with van der Waals surface area (Å²) in [6.07, 6.45) is 2.49. The number of hydrogen-bond donors (Lipinski definition) is 0. The summed E-state index contributed by atoms with van der Waals surface area (Å²) in [6.45, 7) is 14.2. The molecule has 0 unspecified atom stereocenters. The summed E-state index contributed by atoms with van der Waals surface area (Å²) in [5.41, 5.74) is 0. The van der Waals surface area contributed by atoms with Gasteiger partial charge in [-0.15, -0.1) is 0 Å². The normalized spacial score (nSPS) is 15.1. The predicted molar refractivity (Wildman–Crippen MR) is 58.9 cm³/mol. The van der Waals surface area contributed by atoms with Crippen LogP contribution in [0.1, 0.15) is 41.5 Å². The zero-order valence-corrected chi connectivity index (χ0v) is 9.96. The average molecular weight is 176 g/mol. The van der Waals surface area contributed by atoms with Crippen molar-refractivity contribution in [3.63, 3.8) is 0 Å². The highest BCUT2D eigenvalue weighted by Gasteiger charge is 2.28. The monoisotopic (exact) mass is 176 g/mol. The zero-order chi connectivity index (χ0) is 9.23. The first-order valence-corrected chi connectivity index (χ1v) is 6.81. The molecule has 0 heterocycles. The van der Waals surface area contributed by atoms with Gasteiger partial charge in [0.25, 0.3) is 0 Å². The summed E-state index contributed by atoms with van der Waals surface area (Å²) in [4.78, 5) is 0. The van der Waals surface area contributed by atoms with Crippen molar-refractivity contribution < 1.29 is 0 Å². The van der Waals surface area contributed by atoms with E-state index in [1.54, 1.807) is 0 Å². The van der Waals surface area contributed by atoms with Crippen LogP contribution in [0.4, 0.5) is 0 Å². The fraction of sp³-hybridized carbons (Fsp3) is 1.00. The molecule has 0 N–H and O–H groups in total. The highest BCUT2D eigenvalue weighted by atomic mass is 32.3. The molecule has 11 heavy (non-hydrogen) atoms. The van der Waals surface area contributed by atoms with E-state index in [4.69, 9.17) is 0 Å². The second-order valence-electron chi connectivity index (χ2n) is 4.26. The van der Waals surface area contributed by atoms with Crippen LogP contribution in [-0.2, 0) is 0 Å². The molecule has 0 nitrogen and oxygen atoms in total. The Labute approximate surface area is 74.1 Å². The van der Waals surface area contributed by atoms with Crippen LogP contribution < -0.4 is 0 Å². The molecule has 0 saturated carbocycles. The quantitative estimate of drug-likeness (QED) is 0.616. The lowest BCUT2D eigenvalue weighted by molar-refractivity contribution is 0.951. The van der Waals surface area contributed by atoms with Gasteiger partial charge >= 0.3 is 0 Å². The standard InChI is InChI=1S/C10H24S/c1-8(2)11(7,9(3)4)10(5)6/h8-10H,1-7H3. The van der Waals surface area contributed by atoms with E-state index in [9.17, 15) is 0 Å². The van der Waals surface area contributed by atoms with Crippen LogP contribution in [0, 0.1) is 0 Å². The molecule has 0 rings (SSSR count). The summed E-state index contributed by atoms with van der Waals surface area (Å²) in [5, 5.41) is 2.59. The summed E-state index contributed by atoms with van der Waals surface area (Å²) < 4.78 is 0. The Morgan fingerprint density at radius 2 is 0.818 bits per heavy atom. The maximum atomic E-state index is 2.49. The van der Waals surface area contributed by atoms with Crippen molar-refractivity contribution in [1.82, 2.24) is 0 Å². The molecule has 0 aliphatic rings. The molecule has 0 aromatic heterocycles. The first-order valence-electron chi connectivity index (χ1n) is 4.58. The van der Waals surface area contributed by atoms with Crippen LogP contribution >= 0.6 is 10.0 Å². The Hall–Kier alpha value is 0.350. The Morgan fingerprint density at radius 1 is 0.636 bits per heavy atom. The van der Waals surface area contributed by atoms with Crippen molar-refractivity contribution in [3.05, 3.63) is 0 Å². The topological polar surface area (TPSA) is 0 Å². The van der Waals surface area contributed by atoms with E-state index < -0.39 is 0 Å². The Bertz CT molecular complexity index is 92.3. The predicted octanol–water partition coefficient (Wildman–Crippen LogP) is 3.65. The lowest BCUT2D eigenvalue weighted by atomic mass is 10.5. The molecule has 0 amide bonds. The molecular formula is C10H24S. The first-order chi connectivity index (χ1) is 4.83. The highest BCUT2D eigenvalue weighted by Crippen LogP contribution is 2.56. The third kappa shape index (κ3) is 2.14. The van der Waals surface area contributed by atoms with Crippen LogP contribution in [0.15, 0.2) is 0 Å². The maximum Gasteiger partial charge on any atom is -0.0167 e. The first kappa shape index (κ1) is 11.4. The van der Waals surface area contributed by atoms with E-state index in [-0.39, 0.29) is 10.0 Å². The van der Waals surface area contributed by atoms with Crippen molar-refractivity contribution in [1.29, 1.82) is 0 Å². The molecule has 0 aromatic rings. The molecular weight excluding hydrogens is 152 g/mol. The summed E-state index contributed by atoms with van der Waals surface area (Å²) >= 11 is 0. The smallest absolute Gasteiger partial charge is 0.0167 e. The second kappa shape index (κ2) is 3.84. The largest absolute Gasteiger partial charge is 0.237 e. The maximum absolute atomic E-state index is 2.49. The van der Waals surface area contributed by atoms with Crippen LogP contribution in [0.5, 0.6) is 0 Å². The molecule has 70 valence electrons. The fourth-order valence-electron chi connectivity index (χ4n) is 1.63. The molecule has 0 fully saturated rings. The minimum atomic E-state index is -0.389. The lowest BCUT2D eigenvalue weighted by Crippen LogP contribution is -2.27. The fourth-order valence-corrected chi connectivity index (χ4v) is 4.90. The minimum Gasteiger partial charge on any atom is -0.237 e. The van der Waals surface area contributed by atoms with Gasteiger partial charge in [0, 0.05) is 0 Å². The van der Waals surface area contributed by atoms with Crippen LogP contribution in [0.2, 0.25) is 0 Å². The van der Waals surface area contributed by atoms with Gasteiger partial charge in [-0.2, -0.15) is 0 Å². The molecule has 0 aliphatic heterocycles. The molecule has 0 aromatic carbocycles. The van der Waals surface area contributed by atoms with Gasteiger partial charge in [0.1, 0.15) is 0 Å². The van der Waals surface area contributed by atoms with E-state index in [0.717, 1.165) is 15.7 Å².